The van der Waals surface area contributed by atoms with Crippen molar-refractivity contribution in [2.24, 2.45) is 0 Å². The zero-order valence-electron chi connectivity index (χ0n) is 13.3. The maximum absolute atomic E-state index is 8.90. The molecule has 0 amide bonds. The highest BCUT2D eigenvalue weighted by molar-refractivity contribution is 5.59. The summed E-state index contributed by atoms with van der Waals surface area (Å²) in [6.07, 6.45) is 6.42. The van der Waals surface area contributed by atoms with Gasteiger partial charge < -0.3 is 15.5 Å². The first-order valence-electron chi connectivity index (χ1n) is 7.36. The number of allylic oxidation sites excluding steroid dienone is 4. The van der Waals surface area contributed by atoms with Gasteiger partial charge in [-0.2, -0.15) is 0 Å². The maximum atomic E-state index is 8.90. The van der Waals surface area contributed by atoms with E-state index < -0.39 is 0 Å². The van der Waals surface area contributed by atoms with Crippen molar-refractivity contribution in [2.45, 2.75) is 13.5 Å². The van der Waals surface area contributed by atoms with Gasteiger partial charge in [-0.15, -0.1) is 0 Å². The summed E-state index contributed by atoms with van der Waals surface area (Å²) in [5, 5.41) is 20.9. The Hall–Kier alpha value is -2.78. The van der Waals surface area contributed by atoms with Gasteiger partial charge in [-0.3, -0.25) is 0 Å². The second-order valence-corrected chi connectivity index (χ2v) is 4.67. The van der Waals surface area contributed by atoms with Crippen molar-refractivity contribution in [2.75, 3.05) is 5.32 Å². The minimum Gasteiger partial charge on any atom is -0.508 e. The minimum absolute atomic E-state index is 0.0889. The van der Waals surface area contributed by atoms with E-state index in [0.29, 0.717) is 0 Å². The number of benzene rings is 2. The van der Waals surface area contributed by atoms with Gasteiger partial charge in [0.1, 0.15) is 5.76 Å². The summed E-state index contributed by atoms with van der Waals surface area (Å²) in [6.45, 7) is 5.34. The van der Waals surface area contributed by atoms with Gasteiger partial charge in [0.2, 0.25) is 0 Å². The Labute approximate surface area is 137 Å². The molecule has 0 fully saturated rings. The molecule has 0 heterocycles. The second-order valence-electron chi connectivity index (χ2n) is 4.67. The van der Waals surface area contributed by atoms with Gasteiger partial charge >= 0.3 is 0 Å². The first-order chi connectivity index (χ1) is 11.2. The van der Waals surface area contributed by atoms with E-state index in [1.165, 1.54) is 12.2 Å². The molecule has 2 rings (SSSR count). The van der Waals surface area contributed by atoms with Crippen molar-refractivity contribution in [3.8, 4) is 0 Å². The van der Waals surface area contributed by atoms with Crippen LogP contribution in [0.3, 0.4) is 0 Å². The van der Waals surface area contributed by atoms with E-state index >= 15 is 0 Å². The second kappa shape index (κ2) is 10.9. The van der Waals surface area contributed by atoms with Gasteiger partial charge in [-0.1, -0.05) is 49.1 Å². The molecular formula is C20H23NO2. The van der Waals surface area contributed by atoms with Crippen LogP contribution < -0.4 is 5.32 Å². The molecule has 23 heavy (non-hydrogen) atoms. The van der Waals surface area contributed by atoms with Crippen LogP contribution in [0.15, 0.2) is 91.2 Å². The van der Waals surface area contributed by atoms with Gasteiger partial charge in [0, 0.05) is 11.4 Å². The highest BCUT2D eigenvalue weighted by Gasteiger charge is 1.93. The summed E-state index contributed by atoms with van der Waals surface area (Å²) in [6, 6.07) is 17.7. The van der Waals surface area contributed by atoms with E-state index in [1.54, 1.807) is 12.2 Å². The molecule has 0 aliphatic heterocycles. The molecule has 0 bridgehead atoms. The number of hydrogen-bond donors (Lipinski definition) is 3. The Morgan fingerprint density at radius 1 is 1.04 bits per heavy atom. The fourth-order valence-corrected chi connectivity index (χ4v) is 1.73. The highest BCUT2D eigenvalue weighted by Crippen LogP contribution is 2.16. The SMILES string of the molecule is C=C/C=C(O)\C=C/C.OCc1ccc(Nc2ccccc2)cc1. The summed E-state index contributed by atoms with van der Waals surface area (Å²) < 4.78 is 0. The van der Waals surface area contributed by atoms with Gasteiger partial charge in [0.05, 0.1) is 6.61 Å². The Morgan fingerprint density at radius 3 is 2.17 bits per heavy atom. The number of anilines is 2. The molecule has 2 aromatic rings. The summed E-state index contributed by atoms with van der Waals surface area (Å²) in [4.78, 5) is 0. The standard InChI is InChI=1S/C13H13NO.C7H10O/c15-10-11-6-8-13(9-7-11)14-12-4-2-1-3-5-12;1-3-5-7(8)6-4-2/h1-9,14-15H,10H2;3-6,8H,1H2,2H3/b;6-4-,7-5+. The first kappa shape index (κ1) is 18.3. The summed E-state index contributed by atoms with van der Waals surface area (Å²) in [5.74, 6) is 0.238. The van der Waals surface area contributed by atoms with E-state index in [9.17, 15) is 0 Å². The van der Waals surface area contributed by atoms with Gasteiger partial charge in [0.15, 0.2) is 0 Å². The highest BCUT2D eigenvalue weighted by atomic mass is 16.3. The van der Waals surface area contributed by atoms with Crippen LogP contribution in [0.1, 0.15) is 12.5 Å². The van der Waals surface area contributed by atoms with Crippen LogP contribution in [0.4, 0.5) is 11.4 Å². The van der Waals surface area contributed by atoms with Crippen molar-refractivity contribution < 1.29 is 10.2 Å². The molecule has 0 aliphatic carbocycles. The predicted octanol–water partition coefficient (Wildman–Crippen LogP) is 5.11. The van der Waals surface area contributed by atoms with Crippen molar-refractivity contribution in [1.29, 1.82) is 0 Å². The Balaban J connectivity index is 0.000000284. The van der Waals surface area contributed by atoms with Crippen LogP contribution in [0.5, 0.6) is 0 Å². The number of aliphatic hydroxyl groups is 2. The molecule has 0 aromatic heterocycles. The van der Waals surface area contributed by atoms with Crippen LogP contribution in [0.25, 0.3) is 0 Å². The summed E-state index contributed by atoms with van der Waals surface area (Å²) >= 11 is 0. The zero-order chi connectivity index (χ0) is 16.9. The normalized spacial score (nSPS) is 10.8. The number of para-hydroxylation sites is 1. The molecule has 0 unspecified atom stereocenters. The Bertz CT molecular complexity index is 628. The molecule has 120 valence electrons. The monoisotopic (exact) mass is 309 g/mol. The third-order valence-electron chi connectivity index (χ3n) is 2.83. The average Bonchev–Trinajstić information content (AvgIpc) is 2.58. The quantitative estimate of drug-likeness (QED) is 0.531. The summed E-state index contributed by atoms with van der Waals surface area (Å²) in [7, 11) is 0. The third kappa shape index (κ3) is 7.69. The van der Waals surface area contributed by atoms with E-state index in [4.69, 9.17) is 10.2 Å². The number of aliphatic hydroxyl groups excluding tert-OH is 2. The lowest BCUT2D eigenvalue weighted by Crippen LogP contribution is -1.90. The average molecular weight is 309 g/mol. The van der Waals surface area contributed by atoms with Crippen LogP contribution in [-0.4, -0.2) is 10.2 Å². The van der Waals surface area contributed by atoms with E-state index in [0.717, 1.165) is 16.9 Å². The van der Waals surface area contributed by atoms with Crippen LogP contribution in [0, 0.1) is 0 Å². The number of nitrogens with one attached hydrogen (secondary N) is 1. The molecule has 3 N–H and O–H groups in total. The molecule has 2 aromatic carbocycles. The molecule has 3 heteroatoms. The molecule has 0 saturated heterocycles. The number of hydrogen-bond acceptors (Lipinski definition) is 3. The minimum atomic E-state index is 0.0889. The van der Waals surface area contributed by atoms with Crippen molar-refractivity contribution in [1.82, 2.24) is 0 Å². The first-order valence-corrected chi connectivity index (χ1v) is 7.36. The maximum Gasteiger partial charge on any atom is 0.115 e. The molecule has 0 spiro atoms. The Morgan fingerprint density at radius 2 is 1.65 bits per heavy atom. The van der Waals surface area contributed by atoms with Crippen molar-refractivity contribution >= 4 is 11.4 Å². The van der Waals surface area contributed by atoms with E-state index in [-0.39, 0.29) is 12.4 Å². The molecule has 0 radical (unpaired) electrons. The lowest BCUT2D eigenvalue weighted by molar-refractivity contribution is 0.282. The van der Waals surface area contributed by atoms with Crippen molar-refractivity contribution in [3.63, 3.8) is 0 Å². The fourth-order valence-electron chi connectivity index (χ4n) is 1.73. The zero-order valence-corrected chi connectivity index (χ0v) is 13.3. The van der Waals surface area contributed by atoms with E-state index in [1.807, 2.05) is 61.5 Å². The largest absolute Gasteiger partial charge is 0.508 e. The Kier molecular flexibility index (Phi) is 8.64. The number of rotatable bonds is 5. The van der Waals surface area contributed by atoms with Crippen LogP contribution in [0.2, 0.25) is 0 Å². The summed E-state index contributed by atoms with van der Waals surface area (Å²) in [5.41, 5.74) is 3.02. The van der Waals surface area contributed by atoms with E-state index in [2.05, 4.69) is 11.9 Å². The fraction of sp³-hybridized carbons (Fsp3) is 0.100. The smallest absolute Gasteiger partial charge is 0.115 e. The van der Waals surface area contributed by atoms with Gasteiger partial charge in [0.25, 0.3) is 0 Å². The van der Waals surface area contributed by atoms with Gasteiger partial charge in [-0.05, 0) is 48.9 Å². The van der Waals surface area contributed by atoms with Gasteiger partial charge in [-0.25, -0.2) is 0 Å². The van der Waals surface area contributed by atoms with Crippen LogP contribution in [-0.2, 0) is 6.61 Å². The lowest BCUT2D eigenvalue weighted by atomic mass is 10.2. The van der Waals surface area contributed by atoms with Crippen molar-refractivity contribution in [3.05, 3.63) is 96.8 Å². The molecule has 0 aliphatic rings. The third-order valence-corrected chi connectivity index (χ3v) is 2.83. The molecule has 3 nitrogen and oxygen atoms in total. The topological polar surface area (TPSA) is 52.5 Å². The lowest BCUT2D eigenvalue weighted by Gasteiger charge is -2.06. The predicted molar refractivity (Wildman–Crippen MR) is 97.8 cm³/mol. The van der Waals surface area contributed by atoms with Crippen LogP contribution >= 0.6 is 0 Å². The molecule has 0 saturated carbocycles. The molecular weight excluding hydrogens is 286 g/mol. The molecule has 0 atom stereocenters.